The van der Waals surface area contributed by atoms with E-state index in [1.54, 1.807) is 12.1 Å². The first-order valence-corrected chi connectivity index (χ1v) is 8.39. The Hall–Kier alpha value is -2.38. The van der Waals surface area contributed by atoms with Crippen molar-refractivity contribution in [2.24, 2.45) is 5.84 Å². The number of amides is 1. The van der Waals surface area contributed by atoms with Crippen LogP contribution in [0.4, 0.5) is 5.69 Å². The van der Waals surface area contributed by atoms with Crippen LogP contribution in [0.25, 0.3) is 0 Å². The number of benzene rings is 2. The summed E-state index contributed by atoms with van der Waals surface area (Å²) in [6, 6.07) is 15.5. The van der Waals surface area contributed by atoms with Gasteiger partial charge >= 0.3 is 0 Å². The molecule has 0 fully saturated rings. The van der Waals surface area contributed by atoms with Gasteiger partial charge in [-0.3, -0.25) is 14.5 Å². The summed E-state index contributed by atoms with van der Waals surface area (Å²) in [5.74, 6) is 4.64. The van der Waals surface area contributed by atoms with Gasteiger partial charge in [0, 0.05) is 5.56 Å². The largest absolute Gasteiger partial charge is 0.290 e. The number of anilines is 1. The van der Waals surface area contributed by atoms with Crippen molar-refractivity contribution < 1.29 is 13.2 Å². The number of sulfonamides is 1. The highest BCUT2D eigenvalue weighted by Gasteiger charge is 2.18. The molecule has 0 bridgehead atoms. The smallest absolute Gasteiger partial charge is 0.265 e. The lowest BCUT2D eigenvalue weighted by Crippen LogP contribution is -2.31. The molecule has 0 saturated carbocycles. The van der Waals surface area contributed by atoms with E-state index in [9.17, 15) is 13.2 Å². The standard InChI is InChI=1S/C15H17N3O3S/c1-22(20,21)18(11-12-5-3-2-4-6-12)14-9-7-13(8-10-14)15(19)17-16/h2-10H,11,16H2,1H3,(H,17,19). The van der Waals surface area contributed by atoms with Crippen LogP contribution in [0.15, 0.2) is 54.6 Å². The normalized spacial score (nSPS) is 11.0. The number of nitrogens with two attached hydrogens (primary N) is 1. The predicted molar refractivity (Wildman–Crippen MR) is 85.6 cm³/mol. The van der Waals surface area contributed by atoms with E-state index in [0.29, 0.717) is 11.3 Å². The van der Waals surface area contributed by atoms with Gasteiger partial charge in [-0.2, -0.15) is 0 Å². The number of hydrogen-bond acceptors (Lipinski definition) is 4. The van der Waals surface area contributed by atoms with Crippen molar-refractivity contribution in [3.63, 3.8) is 0 Å². The summed E-state index contributed by atoms with van der Waals surface area (Å²) >= 11 is 0. The molecule has 0 aromatic heterocycles. The third kappa shape index (κ3) is 3.84. The zero-order chi connectivity index (χ0) is 16.2. The topological polar surface area (TPSA) is 92.5 Å². The molecule has 22 heavy (non-hydrogen) atoms. The molecule has 1 amide bonds. The number of nitrogens with zero attached hydrogens (tertiary/aromatic N) is 1. The first-order valence-electron chi connectivity index (χ1n) is 6.54. The fourth-order valence-corrected chi connectivity index (χ4v) is 2.90. The van der Waals surface area contributed by atoms with E-state index in [2.05, 4.69) is 0 Å². The van der Waals surface area contributed by atoms with Gasteiger partial charge in [-0.05, 0) is 29.8 Å². The summed E-state index contributed by atoms with van der Waals surface area (Å²) in [7, 11) is -3.45. The summed E-state index contributed by atoms with van der Waals surface area (Å²) in [5, 5.41) is 0. The third-order valence-corrected chi connectivity index (χ3v) is 4.26. The maximum absolute atomic E-state index is 12.0. The molecular formula is C15H17N3O3S. The lowest BCUT2D eigenvalue weighted by atomic mass is 10.2. The SMILES string of the molecule is CS(=O)(=O)N(Cc1ccccc1)c1ccc(C(=O)NN)cc1. The van der Waals surface area contributed by atoms with Gasteiger partial charge in [0.15, 0.2) is 0 Å². The van der Waals surface area contributed by atoms with Crippen molar-refractivity contribution in [2.75, 3.05) is 10.6 Å². The molecule has 0 aliphatic rings. The molecule has 0 saturated heterocycles. The lowest BCUT2D eigenvalue weighted by molar-refractivity contribution is 0.0953. The number of nitrogens with one attached hydrogen (secondary N) is 1. The molecule has 0 unspecified atom stereocenters. The van der Waals surface area contributed by atoms with Gasteiger partial charge in [0.05, 0.1) is 18.5 Å². The number of carbonyl (C=O) groups excluding carboxylic acids is 1. The number of hydrazine groups is 1. The summed E-state index contributed by atoms with van der Waals surface area (Å²) in [4.78, 5) is 11.4. The van der Waals surface area contributed by atoms with Crippen LogP contribution < -0.4 is 15.6 Å². The maximum atomic E-state index is 12.0. The highest BCUT2D eigenvalue weighted by Crippen LogP contribution is 2.21. The number of nitrogen functional groups attached to an aromatic ring is 1. The molecule has 3 N–H and O–H groups in total. The monoisotopic (exact) mass is 319 g/mol. The van der Waals surface area contributed by atoms with Crippen LogP contribution in [0.1, 0.15) is 15.9 Å². The van der Waals surface area contributed by atoms with Crippen molar-refractivity contribution in [1.29, 1.82) is 0 Å². The van der Waals surface area contributed by atoms with Crippen molar-refractivity contribution in [2.45, 2.75) is 6.54 Å². The van der Waals surface area contributed by atoms with Gasteiger partial charge in [-0.25, -0.2) is 14.3 Å². The van der Waals surface area contributed by atoms with E-state index in [1.165, 1.54) is 16.4 Å². The second-order valence-electron chi connectivity index (χ2n) is 4.78. The Morgan fingerprint density at radius 3 is 2.18 bits per heavy atom. The summed E-state index contributed by atoms with van der Waals surface area (Å²) < 4.78 is 25.4. The zero-order valence-corrected chi connectivity index (χ0v) is 12.9. The van der Waals surface area contributed by atoms with Crippen LogP contribution in [0, 0.1) is 0 Å². The Morgan fingerprint density at radius 2 is 1.68 bits per heavy atom. The Balaban J connectivity index is 2.32. The highest BCUT2D eigenvalue weighted by atomic mass is 32.2. The van der Waals surface area contributed by atoms with E-state index >= 15 is 0 Å². The van der Waals surface area contributed by atoms with E-state index in [0.717, 1.165) is 11.8 Å². The van der Waals surface area contributed by atoms with Gasteiger partial charge < -0.3 is 0 Å². The van der Waals surface area contributed by atoms with Crippen molar-refractivity contribution in [3.05, 3.63) is 65.7 Å². The van der Waals surface area contributed by atoms with E-state index < -0.39 is 15.9 Å². The van der Waals surface area contributed by atoms with E-state index in [1.807, 2.05) is 35.8 Å². The predicted octanol–water partition coefficient (Wildman–Crippen LogP) is 1.26. The molecule has 116 valence electrons. The van der Waals surface area contributed by atoms with Crippen LogP contribution >= 0.6 is 0 Å². The van der Waals surface area contributed by atoms with Crippen LogP contribution in [0.5, 0.6) is 0 Å². The van der Waals surface area contributed by atoms with Crippen LogP contribution in [0.3, 0.4) is 0 Å². The van der Waals surface area contributed by atoms with Crippen molar-refractivity contribution in [1.82, 2.24) is 5.43 Å². The fraction of sp³-hybridized carbons (Fsp3) is 0.133. The Kier molecular flexibility index (Phi) is 4.79. The minimum atomic E-state index is -3.45. The number of hydrogen-bond donors (Lipinski definition) is 2. The van der Waals surface area contributed by atoms with Crippen molar-refractivity contribution >= 4 is 21.6 Å². The first kappa shape index (κ1) is 16.0. The first-order chi connectivity index (χ1) is 10.4. The third-order valence-electron chi connectivity index (χ3n) is 3.12. The zero-order valence-electron chi connectivity index (χ0n) is 12.1. The van der Waals surface area contributed by atoms with Gasteiger partial charge in [-0.1, -0.05) is 30.3 Å². The van der Waals surface area contributed by atoms with E-state index in [-0.39, 0.29) is 6.54 Å². The Morgan fingerprint density at radius 1 is 1.09 bits per heavy atom. The quantitative estimate of drug-likeness (QED) is 0.493. The minimum Gasteiger partial charge on any atom is -0.290 e. The van der Waals surface area contributed by atoms with Gasteiger partial charge in [0.1, 0.15) is 0 Å². The molecule has 0 radical (unpaired) electrons. The van der Waals surface area contributed by atoms with E-state index in [4.69, 9.17) is 5.84 Å². The van der Waals surface area contributed by atoms with Crippen LogP contribution in [0.2, 0.25) is 0 Å². The summed E-state index contributed by atoms with van der Waals surface area (Å²) in [6.07, 6.45) is 1.15. The number of carbonyl (C=O) groups is 1. The molecule has 2 aromatic carbocycles. The fourth-order valence-electron chi connectivity index (χ4n) is 2.01. The molecule has 2 aromatic rings. The van der Waals surface area contributed by atoms with Gasteiger partial charge in [0.2, 0.25) is 10.0 Å². The van der Waals surface area contributed by atoms with Crippen LogP contribution in [-0.2, 0) is 16.6 Å². The van der Waals surface area contributed by atoms with Crippen LogP contribution in [-0.4, -0.2) is 20.6 Å². The molecule has 7 heteroatoms. The maximum Gasteiger partial charge on any atom is 0.265 e. The Labute approximate surface area is 129 Å². The molecule has 6 nitrogen and oxygen atoms in total. The second-order valence-corrected chi connectivity index (χ2v) is 6.68. The highest BCUT2D eigenvalue weighted by molar-refractivity contribution is 7.92. The molecule has 2 rings (SSSR count). The number of rotatable bonds is 5. The average molecular weight is 319 g/mol. The average Bonchev–Trinajstić information content (AvgIpc) is 2.52. The van der Waals surface area contributed by atoms with Gasteiger partial charge in [-0.15, -0.1) is 0 Å². The Bertz CT molecular complexity index is 743. The molecule has 0 aliphatic carbocycles. The summed E-state index contributed by atoms with van der Waals surface area (Å²) in [6.45, 7) is 0.224. The molecule has 0 aliphatic heterocycles. The van der Waals surface area contributed by atoms with Crippen molar-refractivity contribution in [3.8, 4) is 0 Å². The second kappa shape index (κ2) is 6.59. The summed E-state index contributed by atoms with van der Waals surface area (Å²) in [5.41, 5.74) is 3.75. The minimum absolute atomic E-state index is 0.224. The van der Waals surface area contributed by atoms with Gasteiger partial charge in [0.25, 0.3) is 5.91 Å². The molecule has 0 atom stereocenters. The molecular weight excluding hydrogens is 302 g/mol. The molecule has 0 spiro atoms. The lowest BCUT2D eigenvalue weighted by Gasteiger charge is -2.22. The molecule has 0 heterocycles.